The van der Waals surface area contributed by atoms with Crippen molar-refractivity contribution in [3.05, 3.63) is 23.9 Å². The molecule has 0 radical (unpaired) electrons. The van der Waals surface area contributed by atoms with Gasteiger partial charge in [-0.2, -0.15) is 0 Å². The van der Waals surface area contributed by atoms with Gasteiger partial charge in [0.15, 0.2) is 0 Å². The van der Waals surface area contributed by atoms with Gasteiger partial charge in [-0.3, -0.25) is 4.90 Å². The van der Waals surface area contributed by atoms with Gasteiger partial charge < -0.3 is 10.5 Å². The van der Waals surface area contributed by atoms with Crippen molar-refractivity contribution >= 4 is 5.82 Å². The molecular weight excluding hydrogens is 226 g/mol. The lowest BCUT2D eigenvalue weighted by Crippen LogP contribution is -2.36. The number of ether oxygens (including phenoxy) is 1. The van der Waals surface area contributed by atoms with Gasteiger partial charge in [-0.05, 0) is 25.0 Å². The third-order valence-electron chi connectivity index (χ3n) is 3.23. The summed E-state index contributed by atoms with van der Waals surface area (Å²) in [5, 5.41) is 0. The monoisotopic (exact) mass is 251 g/mol. The van der Waals surface area contributed by atoms with Crippen LogP contribution in [-0.2, 0) is 11.3 Å². The van der Waals surface area contributed by atoms with Crippen molar-refractivity contribution in [2.75, 3.05) is 26.0 Å². The predicted octanol–water partition coefficient (Wildman–Crippen LogP) is 2.30. The van der Waals surface area contributed by atoms with E-state index >= 15 is 0 Å². The van der Waals surface area contributed by atoms with Crippen molar-refractivity contribution in [2.45, 2.75) is 39.3 Å². The second-order valence-electron chi connectivity index (χ2n) is 4.49. The van der Waals surface area contributed by atoms with Gasteiger partial charge in [0.05, 0.1) is 12.3 Å². The van der Waals surface area contributed by atoms with Crippen molar-refractivity contribution in [3.8, 4) is 0 Å². The number of nitrogens with two attached hydrogens (primary N) is 1. The first-order valence-electron chi connectivity index (χ1n) is 6.65. The molecule has 0 saturated heterocycles. The number of nitrogens with zero attached hydrogens (tertiary/aromatic N) is 2. The van der Waals surface area contributed by atoms with Crippen LogP contribution >= 0.6 is 0 Å². The molecule has 102 valence electrons. The highest BCUT2D eigenvalue weighted by Crippen LogP contribution is 2.13. The minimum Gasteiger partial charge on any atom is -0.384 e. The Bertz CT molecular complexity index is 340. The summed E-state index contributed by atoms with van der Waals surface area (Å²) < 4.78 is 5.19. The Morgan fingerprint density at radius 3 is 2.61 bits per heavy atom. The van der Waals surface area contributed by atoms with Gasteiger partial charge in [0, 0.05) is 26.2 Å². The maximum absolute atomic E-state index is 5.72. The fraction of sp³-hybridized carbons (Fsp3) is 0.643. The van der Waals surface area contributed by atoms with E-state index in [-0.39, 0.29) is 0 Å². The molecule has 0 amide bonds. The second-order valence-corrected chi connectivity index (χ2v) is 4.49. The van der Waals surface area contributed by atoms with Crippen molar-refractivity contribution in [1.29, 1.82) is 0 Å². The van der Waals surface area contributed by atoms with Gasteiger partial charge in [-0.1, -0.05) is 19.9 Å². The van der Waals surface area contributed by atoms with Crippen LogP contribution in [-0.4, -0.2) is 36.2 Å². The molecule has 0 saturated carbocycles. The largest absolute Gasteiger partial charge is 0.384 e. The molecule has 0 fully saturated rings. The molecule has 0 aromatic carbocycles. The zero-order valence-corrected chi connectivity index (χ0v) is 11.7. The molecule has 1 aromatic heterocycles. The molecule has 4 nitrogen and oxygen atoms in total. The summed E-state index contributed by atoms with van der Waals surface area (Å²) in [7, 11) is 1.74. The standard InChI is InChI=1S/C14H25N3O/c1-4-13(5-2)17(9-10-18-3)11-12-7-6-8-14(15)16-12/h6-8,13H,4-5,9-11H2,1-3H3,(H2,15,16). The first kappa shape index (κ1) is 14.9. The fourth-order valence-electron chi connectivity index (χ4n) is 2.20. The van der Waals surface area contributed by atoms with E-state index in [4.69, 9.17) is 10.5 Å². The number of hydrogen-bond acceptors (Lipinski definition) is 4. The number of aromatic nitrogens is 1. The molecule has 1 heterocycles. The molecule has 0 aliphatic heterocycles. The normalized spacial score (nSPS) is 11.4. The average molecular weight is 251 g/mol. The van der Waals surface area contributed by atoms with Crippen LogP contribution in [0.4, 0.5) is 5.82 Å². The summed E-state index contributed by atoms with van der Waals surface area (Å²) in [6, 6.07) is 6.38. The molecule has 0 bridgehead atoms. The lowest BCUT2D eigenvalue weighted by atomic mass is 10.1. The summed E-state index contributed by atoms with van der Waals surface area (Å²) in [4.78, 5) is 6.79. The molecule has 1 aromatic rings. The number of hydrogen-bond donors (Lipinski definition) is 1. The van der Waals surface area contributed by atoms with E-state index in [0.29, 0.717) is 11.9 Å². The van der Waals surface area contributed by atoms with Gasteiger partial charge in [-0.25, -0.2) is 4.98 Å². The summed E-state index contributed by atoms with van der Waals surface area (Å²) >= 11 is 0. The molecule has 1 rings (SSSR count). The number of pyridine rings is 1. The van der Waals surface area contributed by atoms with Crippen molar-refractivity contribution in [1.82, 2.24) is 9.88 Å². The van der Waals surface area contributed by atoms with Crippen LogP contribution in [0.5, 0.6) is 0 Å². The maximum atomic E-state index is 5.72. The van der Waals surface area contributed by atoms with Crippen LogP contribution in [0.2, 0.25) is 0 Å². The highest BCUT2D eigenvalue weighted by atomic mass is 16.5. The predicted molar refractivity (Wildman–Crippen MR) is 75.3 cm³/mol. The number of anilines is 1. The van der Waals surface area contributed by atoms with E-state index in [1.54, 1.807) is 7.11 Å². The van der Waals surface area contributed by atoms with E-state index in [9.17, 15) is 0 Å². The first-order valence-corrected chi connectivity index (χ1v) is 6.65. The third-order valence-corrected chi connectivity index (χ3v) is 3.23. The van der Waals surface area contributed by atoms with Crippen molar-refractivity contribution < 1.29 is 4.74 Å². The van der Waals surface area contributed by atoms with Crippen LogP contribution < -0.4 is 5.73 Å². The minimum absolute atomic E-state index is 0.573. The van der Waals surface area contributed by atoms with Crippen molar-refractivity contribution in [2.24, 2.45) is 0 Å². The molecule has 18 heavy (non-hydrogen) atoms. The van der Waals surface area contributed by atoms with Gasteiger partial charge in [-0.15, -0.1) is 0 Å². The van der Waals surface area contributed by atoms with Crippen LogP contribution in [0, 0.1) is 0 Å². The second kappa shape index (κ2) is 8.06. The summed E-state index contributed by atoms with van der Waals surface area (Å²) in [6.07, 6.45) is 2.28. The zero-order chi connectivity index (χ0) is 13.4. The molecular formula is C14H25N3O. The third kappa shape index (κ3) is 4.63. The van der Waals surface area contributed by atoms with E-state index < -0.39 is 0 Å². The Labute approximate surface area is 110 Å². The topological polar surface area (TPSA) is 51.4 Å². The molecule has 0 spiro atoms. The zero-order valence-electron chi connectivity index (χ0n) is 11.7. The molecule has 0 unspecified atom stereocenters. The fourth-order valence-corrected chi connectivity index (χ4v) is 2.20. The smallest absolute Gasteiger partial charge is 0.123 e. The Hall–Kier alpha value is -1.13. The Kier molecular flexibility index (Phi) is 6.68. The molecule has 0 aliphatic carbocycles. The summed E-state index contributed by atoms with van der Waals surface area (Å²) in [5.41, 5.74) is 6.75. The SMILES string of the molecule is CCC(CC)N(CCOC)Cc1cccc(N)n1. The van der Waals surface area contributed by atoms with Gasteiger partial charge in [0.1, 0.15) is 5.82 Å². The maximum Gasteiger partial charge on any atom is 0.123 e. The Balaban J connectivity index is 2.70. The van der Waals surface area contributed by atoms with Gasteiger partial charge in [0.25, 0.3) is 0 Å². The van der Waals surface area contributed by atoms with Gasteiger partial charge in [0.2, 0.25) is 0 Å². The average Bonchev–Trinajstić information content (AvgIpc) is 2.37. The molecule has 4 heteroatoms. The van der Waals surface area contributed by atoms with E-state index in [1.165, 1.54) is 0 Å². The van der Waals surface area contributed by atoms with Crippen LogP contribution in [0.25, 0.3) is 0 Å². The summed E-state index contributed by atoms with van der Waals surface area (Å²) in [6.45, 7) is 6.96. The van der Waals surface area contributed by atoms with E-state index in [0.717, 1.165) is 38.2 Å². The molecule has 0 aliphatic rings. The number of nitrogen functional groups attached to an aromatic ring is 1. The highest BCUT2D eigenvalue weighted by molar-refractivity contribution is 5.28. The van der Waals surface area contributed by atoms with E-state index in [1.807, 2.05) is 18.2 Å². The van der Waals surface area contributed by atoms with Crippen LogP contribution in [0.1, 0.15) is 32.4 Å². The van der Waals surface area contributed by atoms with E-state index in [2.05, 4.69) is 23.7 Å². The summed E-state index contributed by atoms with van der Waals surface area (Å²) in [5.74, 6) is 0.587. The van der Waals surface area contributed by atoms with Crippen molar-refractivity contribution in [3.63, 3.8) is 0 Å². The Morgan fingerprint density at radius 1 is 1.33 bits per heavy atom. The highest BCUT2D eigenvalue weighted by Gasteiger charge is 2.15. The minimum atomic E-state index is 0.573. The lowest BCUT2D eigenvalue weighted by molar-refractivity contribution is 0.109. The lowest BCUT2D eigenvalue weighted by Gasteiger charge is -2.29. The quantitative estimate of drug-likeness (QED) is 0.770. The van der Waals surface area contributed by atoms with Crippen LogP contribution in [0.15, 0.2) is 18.2 Å². The molecule has 2 N–H and O–H groups in total. The first-order chi connectivity index (χ1) is 8.71. The van der Waals surface area contributed by atoms with Crippen LogP contribution in [0.3, 0.4) is 0 Å². The molecule has 0 atom stereocenters. The number of methoxy groups -OCH3 is 1. The van der Waals surface area contributed by atoms with Gasteiger partial charge >= 0.3 is 0 Å². The number of rotatable bonds is 8. The Morgan fingerprint density at radius 2 is 2.06 bits per heavy atom.